The molecule has 0 aliphatic heterocycles. The van der Waals surface area contributed by atoms with Crippen LogP contribution in [-0.4, -0.2) is 37.4 Å². The maximum atomic E-state index is 12.4. The van der Waals surface area contributed by atoms with Gasteiger partial charge in [0, 0.05) is 11.6 Å². The first-order valence-electron chi connectivity index (χ1n) is 7.66. The Morgan fingerprint density at radius 3 is 2.27 bits per heavy atom. The Morgan fingerprint density at radius 2 is 1.62 bits per heavy atom. The van der Waals surface area contributed by atoms with Gasteiger partial charge >= 0.3 is 11.8 Å². The molecule has 0 bridgehead atoms. The number of hydrogen-bond donors (Lipinski definition) is 1. The van der Waals surface area contributed by atoms with E-state index in [1.807, 2.05) is 0 Å². The van der Waals surface area contributed by atoms with Crippen LogP contribution in [0.5, 0.6) is 17.2 Å². The Balaban J connectivity index is 1.78. The molecule has 26 heavy (non-hydrogen) atoms. The van der Waals surface area contributed by atoms with Crippen molar-refractivity contribution in [2.45, 2.75) is 0 Å². The lowest BCUT2D eigenvalue weighted by molar-refractivity contribution is 0.0990. The summed E-state index contributed by atoms with van der Waals surface area (Å²) in [5.41, 5.74) is 1.14. The van der Waals surface area contributed by atoms with Gasteiger partial charge in [0.15, 0.2) is 0 Å². The molecule has 0 radical (unpaired) electrons. The van der Waals surface area contributed by atoms with Gasteiger partial charge < -0.3 is 23.9 Å². The normalized spacial score (nSPS) is 10.3. The summed E-state index contributed by atoms with van der Waals surface area (Å²) in [6, 6.07) is 12.1. The predicted octanol–water partition coefficient (Wildman–Crippen LogP) is 3.01. The van der Waals surface area contributed by atoms with Crippen molar-refractivity contribution in [3.63, 3.8) is 0 Å². The van der Waals surface area contributed by atoms with Crippen LogP contribution < -0.4 is 19.5 Å². The van der Waals surface area contributed by atoms with E-state index in [1.165, 1.54) is 7.11 Å². The van der Waals surface area contributed by atoms with Crippen molar-refractivity contribution in [1.82, 2.24) is 10.2 Å². The minimum absolute atomic E-state index is 0.159. The van der Waals surface area contributed by atoms with Crippen LogP contribution in [0.15, 0.2) is 46.9 Å². The van der Waals surface area contributed by atoms with E-state index < -0.39 is 5.91 Å². The molecule has 3 rings (SSSR count). The van der Waals surface area contributed by atoms with E-state index in [-0.39, 0.29) is 11.8 Å². The summed E-state index contributed by atoms with van der Waals surface area (Å²) < 4.78 is 20.9. The van der Waals surface area contributed by atoms with Crippen LogP contribution in [0.1, 0.15) is 10.7 Å². The molecular weight excluding hydrogens is 338 g/mol. The number of aromatic nitrogens is 2. The molecule has 0 saturated heterocycles. The van der Waals surface area contributed by atoms with E-state index in [0.29, 0.717) is 28.5 Å². The van der Waals surface area contributed by atoms with Crippen molar-refractivity contribution in [2.24, 2.45) is 0 Å². The first-order chi connectivity index (χ1) is 12.6. The topological polar surface area (TPSA) is 95.7 Å². The molecule has 0 saturated carbocycles. The second-order valence-corrected chi connectivity index (χ2v) is 5.16. The number of methoxy groups -OCH3 is 3. The van der Waals surface area contributed by atoms with Crippen molar-refractivity contribution in [3.05, 3.63) is 48.4 Å². The lowest BCUT2D eigenvalue weighted by atomic mass is 10.2. The molecule has 3 aromatic rings. The highest BCUT2D eigenvalue weighted by Gasteiger charge is 2.18. The largest absolute Gasteiger partial charge is 0.497 e. The molecule has 1 amide bonds. The summed E-state index contributed by atoms with van der Waals surface area (Å²) in [5, 5.41) is 10.4. The lowest BCUT2D eigenvalue weighted by Gasteiger charge is -2.10. The zero-order valence-corrected chi connectivity index (χ0v) is 14.5. The minimum atomic E-state index is -0.541. The van der Waals surface area contributed by atoms with E-state index in [9.17, 15) is 4.79 Å². The van der Waals surface area contributed by atoms with Gasteiger partial charge in [-0.3, -0.25) is 4.79 Å². The predicted molar refractivity (Wildman–Crippen MR) is 93.8 cm³/mol. The number of benzene rings is 2. The molecule has 2 aromatic carbocycles. The quantitative estimate of drug-likeness (QED) is 0.726. The van der Waals surface area contributed by atoms with Crippen LogP contribution in [0.4, 0.5) is 5.69 Å². The van der Waals surface area contributed by atoms with Crippen LogP contribution >= 0.6 is 0 Å². The fourth-order valence-corrected chi connectivity index (χ4v) is 2.24. The molecule has 8 heteroatoms. The number of carbonyl (C=O) groups is 1. The highest BCUT2D eigenvalue weighted by Crippen LogP contribution is 2.29. The molecule has 134 valence electrons. The molecule has 0 unspecified atom stereocenters. The molecular formula is C18H17N3O5. The number of nitrogens with zero attached hydrogens (tertiary/aromatic N) is 2. The fraction of sp³-hybridized carbons (Fsp3) is 0.167. The highest BCUT2D eigenvalue weighted by molar-refractivity contribution is 6.01. The SMILES string of the molecule is COc1ccc(-c2nnc(C(=O)Nc3ccc(OC)cc3OC)o2)cc1. The number of rotatable bonds is 6. The van der Waals surface area contributed by atoms with Crippen LogP contribution in [0.25, 0.3) is 11.5 Å². The van der Waals surface area contributed by atoms with Crippen LogP contribution in [0.2, 0.25) is 0 Å². The van der Waals surface area contributed by atoms with Crippen molar-refractivity contribution >= 4 is 11.6 Å². The Bertz CT molecular complexity index is 905. The summed E-state index contributed by atoms with van der Waals surface area (Å²) >= 11 is 0. The minimum Gasteiger partial charge on any atom is -0.497 e. The van der Waals surface area contributed by atoms with Gasteiger partial charge in [0.25, 0.3) is 0 Å². The Labute approximate surface area is 149 Å². The summed E-state index contributed by atoms with van der Waals surface area (Å²) in [5.74, 6) is 1.30. The molecule has 0 atom stereocenters. The van der Waals surface area contributed by atoms with Gasteiger partial charge in [-0.25, -0.2) is 0 Å². The van der Waals surface area contributed by atoms with E-state index >= 15 is 0 Å². The molecule has 0 fully saturated rings. The zero-order chi connectivity index (χ0) is 18.5. The molecule has 8 nitrogen and oxygen atoms in total. The maximum absolute atomic E-state index is 12.4. The third kappa shape index (κ3) is 3.59. The van der Waals surface area contributed by atoms with Crippen molar-refractivity contribution in [2.75, 3.05) is 26.6 Å². The Kier molecular flexibility index (Phi) is 5.02. The first-order valence-corrected chi connectivity index (χ1v) is 7.66. The van der Waals surface area contributed by atoms with Crippen molar-refractivity contribution in [3.8, 4) is 28.7 Å². The number of carbonyl (C=O) groups excluding carboxylic acids is 1. The molecule has 1 aromatic heterocycles. The second-order valence-electron chi connectivity index (χ2n) is 5.16. The van der Waals surface area contributed by atoms with Gasteiger partial charge in [0.2, 0.25) is 5.89 Å². The van der Waals surface area contributed by atoms with E-state index in [2.05, 4.69) is 15.5 Å². The zero-order valence-electron chi connectivity index (χ0n) is 14.5. The summed E-state index contributed by atoms with van der Waals surface area (Å²) in [6.45, 7) is 0. The molecule has 0 aliphatic rings. The third-order valence-electron chi connectivity index (χ3n) is 3.61. The van der Waals surface area contributed by atoms with Crippen LogP contribution in [0.3, 0.4) is 0 Å². The first kappa shape index (κ1) is 17.3. The molecule has 1 heterocycles. The van der Waals surface area contributed by atoms with Gasteiger partial charge in [0.1, 0.15) is 17.2 Å². The fourth-order valence-electron chi connectivity index (χ4n) is 2.24. The van der Waals surface area contributed by atoms with Gasteiger partial charge in [-0.15, -0.1) is 10.2 Å². The van der Waals surface area contributed by atoms with Crippen molar-refractivity contribution < 1.29 is 23.4 Å². The maximum Gasteiger partial charge on any atom is 0.313 e. The van der Waals surface area contributed by atoms with Gasteiger partial charge in [-0.1, -0.05) is 0 Å². The average molecular weight is 355 g/mol. The van der Waals surface area contributed by atoms with Gasteiger partial charge in [0.05, 0.1) is 27.0 Å². The lowest BCUT2D eigenvalue weighted by Crippen LogP contribution is -2.13. The number of ether oxygens (including phenoxy) is 3. The Morgan fingerprint density at radius 1 is 0.923 bits per heavy atom. The number of anilines is 1. The number of amides is 1. The van der Waals surface area contributed by atoms with Gasteiger partial charge in [-0.05, 0) is 36.4 Å². The monoisotopic (exact) mass is 355 g/mol. The molecule has 0 spiro atoms. The van der Waals surface area contributed by atoms with Crippen LogP contribution in [0, 0.1) is 0 Å². The average Bonchev–Trinajstić information content (AvgIpc) is 3.18. The Hall–Kier alpha value is -3.55. The van der Waals surface area contributed by atoms with Crippen LogP contribution in [-0.2, 0) is 0 Å². The van der Waals surface area contributed by atoms with E-state index in [4.69, 9.17) is 18.6 Å². The smallest absolute Gasteiger partial charge is 0.313 e. The van der Waals surface area contributed by atoms with Crippen molar-refractivity contribution in [1.29, 1.82) is 0 Å². The summed E-state index contributed by atoms with van der Waals surface area (Å²) in [4.78, 5) is 12.4. The number of hydrogen-bond acceptors (Lipinski definition) is 7. The highest BCUT2D eigenvalue weighted by atomic mass is 16.5. The van der Waals surface area contributed by atoms with E-state index in [1.54, 1.807) is 56.7 Å². The second kappa shape index (κ2) is 7.56. The van der Waals surface area contributed by atoms with Gasteiger partial charge in [-0.2, -0.15) is 0 Å². The summed E-state index contributed by atoms with van der Waals surface area (Å²) in [6.07, 6.45) is 0. The summed E-state index contributed by atoms with van der Waals surface area (Å²) in [7, 11) is 4.63. The molecule has 1 N–H and O–H groups in total. The number of nitrogens with one attached hydrogen (secondary N) is 1. The third-order valence-corrected chi connectivity index (χ3v) is 3.61. The van der Waals surface area contributed by atoms with E-state index in [0.717, 1.165) is 0 Å². The standard InChI is InChI=1S/C18H17N3O5/c1-23-12-6-4-11(5-7-12)17-20-21-18(26-17)16(22)19-14-9-8-13(24-2)10-15(14)25-3/h4-10H,1-3H3,(H,19,22). The molecule has 0 aliphatic carbocycles.